The molecule has 0 aliphatic heterocycles. The van der Waals surface area contributed by atoms with Crippen LogP contribution in [0.25, 0.3) is 0 Å². The van der Waals surface area contributed by atoms with E-state index in [1.165, 1.54) is 0 Å². The van der Waals surface area contributed by atoms with E-state index in [0.29, 0.717) is 11.1 Å². The summed E-state index contributed by atoms with van der Waals surface area (Å²) in [4.78, 5) is 24.2. The first kappa shape index (κ1) is 21.6. The van der Waals surface area contributed by atoms with E-state index in [2.05, 4.69) is 10.6 Å². The molecule has 0 saturated carbocycles. The topological polar surface area (TPSA) is 58.2 Å². The van der Waals surface area contributed by atoms with Gasteiger partial charge in [0.15, 0.2) is 5.91 Å². The van der Waals surface area contributed by atoms with Gasteiger partial charge in [0.25, 0.3) is 0 Å². The Bertz CT molecular complexity index is 460. The molecule has 0 bridgehead atoms. The monoisotopic (exact) mass is 381 g/mol. The second kappa shape index (κ2) is 9.02. The number of carbonyl (C=O) groups is 2. The fourth-order valence-corrected chi connectivity index (χ4v) is 1.63. The van der Waals surface area contributed by atoms with E-state index in [-0.39, 0.29) is 22.9 Å². The molecule has 1 rings (SSSR count). The predicted octanol–water partition coefficient (Wildman–Crippen LogP) is 3.84. The number of carbonyl (C=O) groups excluding carboxylic acids is 2. The van der Waals surface area contributed by atoms with Crippen molar-refractivity contribution in [2.75, 3.05) is 0 Å². The molecule has 0 aromatic heterocycles. The molecule has 2 amide bonds. The standard InChI is InChI=1S/C15H23N2O2.2ClH.Ti/c1-14(2,3)16-12(18)10-8-7-9-11(10)13(19)17-15(4,5)6;;;/h7-9H,1-6H3,(H,16,18)(H,17,19);2*1H;/q-1;;;+2/p-2. The van der Waals surface area contributed by atoms with Crippen LogP contribution in [0.3, 0.4) is 0 Å². The van der Waals surface area contributed by atoms with Gasteiger partial charge < -0.3 is 15.4 Å². The fraction of sp³-hybridized carbons (Fsp3) is 0.533. The van der Waals surface area contributed by atoms with Crippen molar-refractivity contribution in [3.05, 3.63) is 29.3 Å². The zero-order chi connectivity index (χ0) is 17.6. The maximum atomic E-state index is 12.1. The molecule has 0 aliphatic rings. The van der Waals surface area contributed by atoms with Gasteiger partial charge in [-0.2, -0.15) is 12.1 Å². The molecule has 124 valence electrons. The van der Waals surface area contributed by atoms with Gasteiger partial charge in [0, 0.05) is 11.1 Å². The van der Waals surface area contributed by atoms with Crippen molar-refractivity contribution in [1.29, 1.82) is 0 Å². The zero-order valence-electron chi connectivity index (χ0n) is 13.8. The van der Waals surface area contributed by atoms with Gasteiger partial charge >= 0.3 is 35.6 Å². The molecule has 0 fully saturated rings. The molecule has 4 nitrogen and oxygen atoms in total. The summed E-state index contributed by atoms with van der Waals surface area (Å²) < 4.78 is 0. The Morgan fingerprint density at radius 3 is 1.91 bits per heavy atom. The third kappa shape index (κ3) is 8.89. The van der Waals surface area contributed by atoms with Crippen LogP contribution in [-0.4, -0.2) is 22.9 Å². The summed E-state index contributed by atoms with van der Waals surface area (Å²) in [6.45, 7) is 11.4. The first-order valence-corrected chi connectivity index (χ1v) is 11.1. The van der Waals surface area contributed by atoms with Gasteiger partial charge in [0.1, 0.15) is 0 Å². The van der Waals surface area contributed by atoms with Crippen LogP contribution in [0.4, 0.5) is 0 Å². The number of rotatable bonds is 2. The van der Waals surface area contributed by atoms with Gasteiger partial charge in [-0.15, -0.1) is 6.07 Å². The van der Waals surface area contributed by atoms with Crippen LogP contribution in [0.2, 0.25) is 0 Å². The van der Waals surface area contributed by atoms with Crippen molar-refractivity contribution in [2.24, 2.45) is 0 Å². The van der Waals surface area contributed by atoms with E-state index in [1.54, 1.807) is 18.2 Å². The average molecular weight is 382 g/mol. The van der Waals surface area contributed by atoms with Crippen molar-refractivity contribution < 1.29 is 26.6 Å². The summed E-state index contributed by atoms with van der Waals surface area (Å²) in [6, 6.07) is 5.05. The third-order valence-corrected chi connectivity index (χ3v) is 2.28. The summed E-state index contributed by atoms with van der Waals surface area (Å²) in [7, 11) is 9.78. The van der Waals surface area contributed by atoms with Crippen LogP contribution in [0.15, 0.2) is 18.2 Å². The summed E-state index contributed by atoms with van der Waals surface area (Å²) in [6.07, 6.45) is 0. The third-order valence-electron chi connectivity index (χ3n) is 2.28. The molecule has 0 heterocycles. The average Bonchev–Trinajstić information content (AvgIpc) is 2.73. The number of nitrogens with one attached hydrogen (secondary N) is 2. The minimum absolute atomic E-state index is 0.225. The minimum atomic E-state index is -0.556. The van der Waals surface area contributed by atoms with Crippen molar-refractivity contribution in [2.45, 2.75) is 52.6 Å². The molecule has 22 heavy (non-hydrogen) atoms. The van der Waals surface area contributed by atoms with E-state index in [0.717, 1.165) is 0 Å². The molecule has 2 N–H and O–H groups in total. The van der Waals surface area contributed by atoms with Crippen LogP contribution >= 0.6 is 18.6 Å². The van der Waals surface area contributed by atoms with Crippen molar-refractivity contribution in [3.8, 4) is 0 Å². The van der Waals surface area contributed by atoms with Crippen LogP contribution in [0.1, 0.15) is 62.3 Å². The van der Waals surface area contributed by atoms with Crippen molar-refractivity contribution in [1.82, 2.24) is 10.6 Å². The van der Waals surface area contributed by atoms with Gasteiger partial charge in [-0.05, 0) is 47.1 Å². The van der Waals surface area contributed by atoms with Crippen molar-refractivity contribution in [3.63, 3.8) is 0 Å². The molecule has 0 saturated heterocycles. The van der Waals surface area contributed by atoms with E-state index >= 15 is 0 Å². The molecule has 0 unspecified atom stereocenters. The summed E-state index contributed by atoms with van der Waals surface area (Å²) in [5, 5.41) is 5.72. The van der Waals surface area contributed by atoms with Crippen molar-refractivity contribution >= 4 is 30.4 Å². The van der Waals surface area contributed by atoms with Crippen LogP contribution in [-0.2, 0) is 17.0 Å². The molecule has 0 aliphatic carbocycles. The van der Waals surface area contributed by atoms with Crippen LogP contribution < -0.4 is 10.6 Å². The summed E-state index contributed by atoms with van der Waals surface area (Å²) in [5.41, 5.74) is 0.173. The Morgan fingerprint density at radius 1 is 1.05 bits per heavy atom. The number of halogens is 2. The Balaban J connectivity index is 0.00000135. The number of amides is 2. The molecule has 1 aromatic rings. The maximum absolute atomic E-state index is 12.1. The molecular formula is C15H23Cl2N2O2Ti-. The number of hydrogen-bond acceptors (Lipinski definition) is 2. The Hall–Kier alpha value is -0.416. The molecule has 1 aromatic carbocycles. The second-order valence-electron chi connectivity index (χ2n) is 6.83. The summed E-state index contributed by atoms with van der Waals surface area (Å²) in [5.74, 6) is -0.451. The zero-order valence-corrected chi connectivity index (χ0v) is 16.9. The predicted molar refractivity (Wildman–Crippen MR) is 88.2 cm³/mol. The Kier molecular flexibility index (Phi) is 8.85. The first-order chi connectivity index (χ1) is 9.91. The molecular weight excluding hydrogens is 359 g/mol. The van der Waals surface area contributed by atoms with Crippen LogP contribution in [0.5, 0.6) is 0 Å². The second-order valence-corrected chi connectivity index (χ2v) is 9.41. The fourth-order valence-electron chi connectivity index (χ4n) is 1.63. The van der Waals surface area contributed by atoms with E-state index in [4.69, 9.17) is 18.6 Å². The normalized spacial score (nSPS) is 11.1. The van der Waals surface area contributed by atoms with Gasteiger partial charge in [0.2, 0.25) is 5.91 Å². The van der Waals surface area contributed by atoms with Gasteiger partial charge in [0.05, 0.1) is 0 Å². The quantitative estimate of drug-likeness (QED) is 0.603. The van der Waals surface area contributed by atoms with E-state index < -0.39 is 17.0 Å². The Morgan fingerprint density at radius 2 is 1.50 bits per heavy atom. The molecule has 0 spiro atoms. The number of hydrogen-bond donors (Lipinski definition) is 2. The van der Waals surface area contributed by atoms with Gasteiger partial charge in [-0.3, -0.25) is 4.79 Å². The van der Waals surface area contributed by atoms with E-state index in [9.17, 15) is 9.59 Å². The Labute approximate surface area is 149 Å². The first-order valence-electron chi connectivity index (χ1n) is 6.78. The summed E-state index contributed by atoms with van der Waals surface area (Å²) >= 11 is -0.556. The van der Waals surface area contributed by atoms with Crippen LogP contribution in [0, 0.1) is 0 Å². The molecule has 7 heteroatoms. The van der Waals surface area contributed by atoms with Gasteiger partial charge in [-0.25, -0.2) is 0 Å². The van der Waals surface area contributed by atoms with Gasteiger partial charge in [-0.1, -0.05) is 5.56 Å². The molecule has 0 atom stereocenters. The SMILES string of the molecule is CC(C)(C)NC(=O)c1ccc[c-]1C(=O)NC(C)(C)C.[Cl][Ti][Cl]. The van der Waals surface area contributed by atoms with E-state index in [1.807, 2.05) is 41.5 Å². The molecule has 0 radical (unpaired) electrons.